The molecule has 0 aromatic heterocycles. The van der Waals surface area contributed by atoms with Crippen molar-refractivity contribution in [3.8, 4) is 0 Å². The van der Waals surface area contributed by atoms with Gasteiger partial charge in [-0.3, -0.25) is 57.5 Å². The number of carbonyl (C=O) groups is 15. The van der Waals surface area contributed by atoms with E-state index in [0.717, 1.165) is 21.0 Å². The molecule has 3 amide bonds. The van der Waals surface area contributed by atoms with Crippen molar-refractivity contribution in [2.24, 2.45) is 0 Å². The fraction of sp³-hybridized carbons (Fsp3) is 0.656. The molecule has 1 aromatic rings. The molecule has 0 saturated carbocycles. The summed E-state index contributed by atoms with van der Waals surface area (Å²) in [5.74, 6) is -34.4. The number of aliphatic hydroxyl groups excluding tert-OH is 1. The van der Waals surface area contributed by atoms with Gasteiger partial charge in [-0.2, -0.15) is 39.5 Å². The molecule has 0 aliphatic carbocycles. The lowest BCUT2D eigenvalue weighted by atomic mass is 9.87. The number of hydrogen-bond donors (Lipinski definition) is 4. The Morgan fingerprint density at radius 3 is 1.10 bits per heavy atom. The van der Waals surface area contributed by atoms with Gasteiger partial charge in [0.25, 0.3) is 11.6 Å². The molecule has 3 saturated heterocycles. The molecule has 1 aromatic carbocycles. The van der Waals surface area contributed by atoms with Gasteiger partial charge in [0.2, 0.25) is 4.93 Å². The van der Waals surface area contributed by atoms with Gasteiger partial charge in [-0.05, 0) is 19.1 Å². The van der Waals surface area contributed by atoms with Gasteiger partial charge in [-0.1, -0.05) is 29.5 Å². The van der Waals surface area contributed by atoms with Crippen LogP contribution in [0.25, 0.3) is 0 Å². The number of alkyl halides is 9. The number of halogens is 9. The van der Waals surface area contributed by atoms with E-state index < -0.39 is 255 Å². The zero-order valence-electron chi connectivity index (χ0n) is 58.5. The van der Waals surface area contributed by atoms with Crippen LogP contribution in [-0.2, 0) is 152 Å². The second kappa shape index (κ2) is 37.5. The number of thioether (sulfide) groups is 1. The number of hydrogen-bond acceptors (Lipinski definition) is 34. The maximum absolute atomic E-state index is 14.7. The van der Waals surface area contributed by atoms with E-state index in [1.807, 2.05) is 0 Å². The summed E-state index contributed by atoms with van der Waals surface area (Å²) in [6.45, 7) is 2.47. The van der Waals surface area contributed by atoms with E-state index in [-0.39, 0.29) is 4.90 Å². The molecule has 3 aliphatic heterocycles. The van der Waals surface area contributed by atoms with Crippen LogP contribution < -0.4 is 16.0 Å². The minimum atomic E-state index is -6.00. The first-order chi connectivity index (χ1) is 49.4. The molecule has 3 aliphatic rings. The predicted molar refractivity (Wildman–Crippen MR) is 323 cm³/mol. The number of carbonyl (C=O) groups excluding carboxylic acids is 15. The maximum Gasteiger partial charge on any atom is 0.471 e. The van der Waals surface area contributed by atoms with Crippen molar-refractivity contribution < 1.29 is 197 Å². The molecule has 0 unspecified atom stereocenters. The van der Waals surface area contributed by atoms with Gasteiger partial charge in [0, 0.05) is 73.6 Å². The van der Waals surface area contributed by atoms with E-state index in [1.165, 1.54) is 40.2 Å². The smallest absolute Gasteiger partial charge is 0.466 e. The van der Waals surface area contributed by atoms with Crippen molar-refractivity contribution in [2.45, 2.75) is 220 Å². The van der Waals surface area contributed by atoms with Crippen molar-refractivity contribution in [1.82, 2.24) is 16.0 Å². The molecule has 36 nitrogen and oxygen atoms in total. The van der Waals surface area contributed by atoms with Crippen LogP contribution in [0, 0.1) is 6.92 Å². The van der Waals surface area contributed by atoms with Gasteiger partial charge < -0.3 is 102 Å². The second-order valence-electron chi connectivity index (χ2n) is 23.5. The van der Waals surface area contributed by atoms with Crippen LogP contribution >= 0.6 is 11.8 Å². The lowest BCUT2D eigenvalue weighted by molar-refractivity contribution is -0.331. The Morgan fingerprint density at radius 1 is 0.449 bits per heavy atom. The van der Waals surface area contributed by atoms with E-state index in [9.17, 15) is 117 Å². The van der Waals surface area contributed by atoms with Crippen LogP contribution in [0.5, 0.6) is 0 Å². The molecule has 46 heteroatoms. The van der Waals surface area contributed by atoms with Crippen LogP contribution in [0.1, 0.15) is 87.1 Å². The standard InChI is InChI=1S/C61H74F9N3O33S/c1-24-14-16-34(17-15-24)107-58(55(89)92-13)20-38(98-28(5)77)43(73-52(86)61(68,69)70)47(106-58)44(101-31(8)80)35(83)21-94-56(53(87)90-11)18-36(96-26(3)75)42(72-51(85)60(65,66)67)49(104-56)46(103-33(10)82)40(100-30(7)79)23-95-57(54(88)91-12)19-37(97-27(4)76)41(71-50(84)59(62,63)64)48(105-57)45(102-32(9)81)39(99-29(6)78)22-93-25(2)74/h14-17,35-49,83H,18-23H2,1-13H3,(H,71,84)(H,72,85)(H,73,86)/t35-,36+,37+,38+,39-,40-,41-,42-,43-,44-,45-,46-,47-,48-,49-,56-,57-,58+/m1/s1. The highest BCUT2D eigenvalue weighted by atomic mass is 32.2. The van der Waals surface area contributed by atoms with Crippen LogP contribution in [0.4, 0.5) is 39.5 Å². The normalized spacial score (nSPS) is 26.1. The summed E-state index contributed by atoms with van der Waals surface area (Å²) in [4.78, 5) is 197. The molecule has 3 heterocycles. The Hall–Kier alpha value is -9.25. The number of aliphatic hydroxyl groups is 1. The average molecular weight is 1580 g/mol. The first-order valence-corrected chi connectivity index (χ1v) is 31.8. The summed E-state index contributed by atoms with van der Waals surface area (Å²) >= 11 is 0.439. The highest BCUT2D eigenvalue weighted by molar-refractivity contribution is 8.01. The molecule has 4 rings (SSSR count). The van der Waals surface area contributed by atoms with E-state index in [1.54, 1.807) is 6.92 Å². The Bertz CT molecular complexity index is 3460. The maximum atomic E-state index is 14.7. The van der Waals surface area contributed by atoms with Gasteiger partial charge in [-0.15, -0.1) is 0 Å². The molecule has 600 valence electrons. The third-order valence-electron chi connectivity index (χ3n) is 15.1. The van der Waals surface area contributed by atoms with Crippen LogP contribution in [0.2, 0.25) is 0 Å². The number of amides is 3. The van der Waals surface area contributed by atoms with Crippen LogP contribution in [0.3, 0.4) is 0 Å². The highest BCUT2D eigenvalue weighted by Gasteiger charge is 2.65. The highest BCUT2D eigenvalue weighted by Crippen LogP contribution is 2.47. The van der Waals surface area contributed by atoms with Crippen LogP contribution in [-0.4, -0.2) is 262 Å². The fourth-order valence-corrected chi connectivity index (χ4v) is 12.4. The minimum absolute atomic E-state index is 0.104. The summed E-state index contributed by atoms with van der Waals surface area (Å²) in [7, 11) is 1.87. The molecule has 0 bridgehead atoms. The molecule has 4 N–H and O–H groups in total. The minimum Gasteiger partial charge on any atom is -0.466 e. The number of rotatable bonds is 30. The first kappa shape index (κ1) is 90.1. The zero-order chi connectivity index (χ0) is 81.4. The van der Waals surface area contributed by atoms with Gasteiger partial charge >= 0.3 is 108 Å². The van der Waals surface area contributed by atoms with E-state index in [2.05, 4.69) is 0 Å². The lowest BCUT2D eigenvalue weighted by Crippen LogP contribution is -2.71. The molecule has 18 atom stereocenters. The lowest BCUT2D eigenvalue weighted by Gasteiger charge is -2.50. The van der Waals surface area contributed by atoms with E-state index >= 15 is 0 Å². The molecule has 3 fully saturated rings. The third-order valence-corrected chi connectivity index (χ3v) is 16.4. The number of aryl methyl sites for hydroxylation is 1. The molecular weight excluding hydrogens is 1510 g/mol. The Balaban J connectivity index is 2.13. The van der Waals surface area contributed by atoms with Crippen molar-refractivity contribution in [3.63, 3.8) is 0 Å². The van der Waals surface area contributed by atoms with E-state index in [4.69, 9.17) is 80.5 Å². The van der Waals surface area contributed by atoms with E-state index in [0.29, 0.717) is 80.0 Å². The monoisotopic (exact) mass is 1580 g/mol. The first-order valence-electron chi connectivity index (χ1n) is 31.0. The summed E-state index contributed by atoms with van der Waals surface area (Å²) in [6.07, 6.45) is -54.0. The Kier molecular flexibility index (Phi) is 31.6. The number of nitrogens with one attached hydrogen (secondary N) is 3. The van der Waals surface area contributed by atoms with Gasteiger partial charge in [0.15, 0.2) is 30.5 Å². The topological polar surface area (TPSA) is 469 Å². The third kappa shape index (κ3) is 24.9. The average Bonchev–Trinajstić information content (AvgIpc) is 0.761. The summed E-state index contributed by atoms with van der Waals surface area (Å²) in [6, 6.07) is -2.14. The number of esters is 12. The Labute approximate surface area is 603 Å². The summed E-state index contributed by atoms with van der Waals surface area (Å²) in [5.41, 5.74) is 0.628. The van der Waals surface area contributed by atoms with Gasteiger partial charge in [0.1, 0.15) is 49.3 Å². The molecule has 0 spiro atoms. The number of methoxy groups -OCH3 is 3. The molecule has 107 heavy (non-hydrogen) atoms. The largest absolute Gasteiger partial charge is 0.471 e. The summed E-state index contributed by atoms with van der Waals surface area (Å²) < 4.78 is 223. The quantitative estimate of drug-likeness (QED) is 0.0466. The zero-order valence-corrected chi connectivity index (χ0v) is 59.3. The number of benzene rings is 1. The van der Waals surface area contributed by atoms with Gasteiger partial charge in [-0.25, -0.2) is 14.4 Å². The van der Waals surface area contributed by atoms with Crippen molar-refractivity contribution in [3.05, 3.63) is 29.8 Å². The van der Waals surface area contributed by atoms with Crippen molar-refractivity contribution in [1.29, 1.82) is 0 Å². The van der Waals surface area contributed by atoms with Crippen LogP contribution in [0.15, 0.2) is 29.2 Å². The van der Waals surface area contributed by atoms with Crippen molar-refractivity contribution >= 4 is 101 Å². The molecular formula is C61H74F9N3O33S. The van der Waals surface area contributed by atoms with Gasteiger partial charge in [0.05, 0.1) is 65.5 Å². The SMILES string of the molecule is COC(=O)[C@@]1(OC[C@@H](OC(C)=O)[C@@H](OC(C)=O)[C@@H]2O[C@@](OC[C@@H](O)[C@@H](OC(C)=O)[C@@H]3O[C@@](Sc4ccc(C)cc4)(C(=O)OC)C[C@H](OC(C)=O)[C@H]3NC(=O)C(F)(F)F)(C(=O)OC)C[C@H](OC(C)=O)[C@H]2NC(=O)C(F)(F)F)C[C@H](OC(C)=O)[C@@H](NC(=O)C(F)(F)F)[C@H]([C@H](OC(C)=O)[C@@H](COC(C)=O)OC(C)=O)O1. The predicted octanol–water partition coefficient (Wildman–Crippen LogP) is 0.614. The Morgan fingerprint density at radius 2 is 0.776 bits per heavy atom. The second-order valence-corrected chi connectivity index (χ2v) is 24.8. The summed E-state index contributed by atoms with van der Waals surface area (Å²) in [5, 5.41) is 16.8. The fourth-order valence-electron chi connectivity index (χ4n) is 11.1. The molecule has 0 radical (unpaired) electrons. The number of ether oxygens (including phenoxy) is 17. The van der Waals surface area contributed by atoms with Crippen molar-refractivity contribution in [2.75, 3.05) is 41.2 Å².